The van der Waals surface area contributed by atoms with Crippen molar-refractivity contribution in [3.63, 3.8) is 0 Å². The number of nitrogens with zero attached hydrogens (tertiary/aromatic N) is 3. The third kappa shape index (κ3) is 6.52. The maximum absolute atomic E-state index is 8.90. The maximum Gasteiger partial charge on any atom is 0.0663 e. The van der Waals surface area contributed by atoms with E-state index in [1.165, 1.54) is 11.4 Å². The Balaban J connectivity index is 2.13. The van der Waals surface area contributed by atoms with Crippen LogP contribution in [0.4, 0.5) is 11.4 Å². The maximum atomic E-state index is 8.90. The highest BCUT2D eigenvalue weighted by Crippen LogP contribution is 2.16. The summed E-state index contributed by atoms with van der Waals surface area (Å²) in [5, 5.41) is 8.90. The summed E-state index contributed by atoms with van der Waals surface area (Å²) < 4.78 is 0. The molecule has 138 valence electrons. The molecule has 0 bridgehead atoms. The van der Waals surface area contributed by atoms with Gasteiger partial charge in [-0.2, -0.15) is 5.26 Å². The van der Waals surface area contributed by atoms with Gasteiger partial charge in [-0.1, -0.05) is 54.6 Å². The molecule has 0 atom stereocenters. The summed E-state index contributed by atoms with van der Waals surface area (Å²) >= 11 is 0. The SMILES string of the molecule is CN(C)c1ccc(C=CC(C=Cc2ccc(N(C)C)cc2)=CCC#N)cc1. The number of benzene rings is 2. The Bertz CT molecular complexity index is 782. The molecule has 0 fully saturated rings. The Kier molecular flexibility index (Phi) is 7.46. The van der Waals surface area contributed by atoms with E-state index in [1.807, 2.05) is 46.4 Å². The zero-order chi connectivity index (χ0) is 19.6. The number of hydrogen-bond donors (Lipinski definition) is 0. The molecule has 0 saturated heterocycles. The summed E-state index contributed by atoms with van der Waals surface area (Å²) in [7, 11) is 8.12. The molecule has 0 saturated carbocycles. The topological polar surface area (TPSA) is 30.3 Å². The average molecular weight is 358 g/mol. The quantitative estimate of drug-likeness (QED) is 0.623. The van der Waals surface area contributed by atoms with Crippen molar-refractivity contribution in [3.8, 4) is 6.07 Å². The van der Waals surface area contributed by atoms with Crippen molar-refractivity contribution in [1.29, 1.82) is 5.26 Å². The number of allylic oxidation sites excluding steroid dienone is 4. The van der Waals surface area contributed by atoms with Crippen molar-refractivity contribution in [2.45, 2.75) is 6.42 Å². The number of nitriles is 1. The largest absolute Gasteiger partial charge is 0.378 e. The minimum absolute atomic E-state index is 0.392. The first-order valence-electron chi connectivity index (χ1n) is 8.97. The van der Waals surface area contributed by atoms with Crippen LogP contribution < -0.4 is 9.80 Å². The van der Waals surface area contributed by atoms with Crippen LogP contribution in [0.15, 0.2) is 72.3 Å². The standard InChI is InChI=1S/C24H27N3/c1-26(2)23-15-11-21(12-16-23)9-7-20(6-5-19-25)8-10-22-13-17-24(18-14-22)27(3)4/h6-18H,5H2,1-4H3. The second-order valence-electron chi connectivity index (χ2n) is 6.70. The molecule has 2 aromatic rings. The number of hydrogen-bond acceptors (Lipinski definition) is 3. The second-order valence-corrected chi connectivity index (χ2v) is 6.70. The fourth-order valence-electron chi connectivity index (χ4n) is 2.51. The Morgan fingerprint density at radius 3 is 1.52 bits per heavy atom. The lowest BCUT2D eigenvalue weighted by Gasteiger charge is -2.11. The fourth-order valence-corrected chi connectivity index (χ4v) is 2.51. The number of anilines is 2. The van der Waals surface area contributed by atoms with Crippen molar-refractivity contribution >= 4 is 23.5 Å². The Labute approximate surface area is 163 Å². The summed E-state index contributed by atoms with van der Waals surface area (Å²) in [6.45, 7) is 0. The lowest BCUT2D eigenvalue weighted by Crippen LogP contribution is -2.07. The highest BCUT2D eigenvalue weighted by molar-refractivity contribution is 5.62. The van der Waals surface area contributed by atoms with Crippen molar-refractivity contribution in [1.82, 2.24) is 0 Å². The van der Waals surface area contributed by atoms with Gasteiger partial charge in [0, 0.05) is 39.6 Å². The van der Waals surface area contributed by atoms with Crippen molar-refractivity contribution in [3.05, 3.63) is 83.5 Å². The van der Waals surface area contributed by atoms with Crippen LogP contribution >= 0.6 is 0 Å². The third-order valence-electron chi connectivity index (χ3n) is 4.18. The monoisotopic (exact) mass is 357 g/mol. The molecule has 0 radical (unpaired) electrons. The fraction of sp³-hybridized carbons (Fsp3) is 0.208. The summed E-state index contributed by atoms with van der Waals surface area (Å²) in [5.41, 5.74) is 5.63. The molecule has 0 aliphatic heterocycles. The predicted octanol–water partition coefficient (Wildman–Crippen LogP) is 5.39. The van der Waals surface area contributed by atoms with E-state index in [1.54, 1.807) is 0 Å². The molecule has 0 heterocycles. The molecule has 3 heteroatoms. The Hall–Kier alpha value is -3.25. The van der Waals surface area contributed by atoms with Crippen molar-refractivity contribution < 1.29 is 0 Å². The van der Waals surface area contributed by atoms with Crippen LogP contribution in [-0.4, -0.2) is 28.2 Å². The first-order chi connectivity index (χ1) is 13.0. The summed E-state index contributed by atoms with van der Waals surface area (Å²) in [5.74, 6) is 0. The molecule has 0 amide bonds. The molecule has 2 rings (SSSR count). The van der Waals surface area contributed by atoms with Crippen molar-refractivity contribution in [2.75, 3.05) is 38.0 Å². The molecule has 3 nitrogen and oxygen atoms in total. The van der Waals surface area contributed by atoms with Gasteiger partial charge in [0.05, 0.1) is 12.5 Å². The van der Waals surface area contributed by atoms with E-state index in [4.69, 9.17) is 5.26 Å². The molecule has 2 aromatic carbocycles. The molecular weight excluding hydrogens is 330 g/mol. The van der Waals surface area contributed by atoms with Gasteiger partial charge in [-0.05, 0) is 41.0 Å². The minimum Gasteiger partial charge on any atom is -0.378 e. The molecule has 0 spiro atoms. The van der Waals surface area contributed by atoms with Crippen LogP contribution in [0.3, 0.4) is 0 Å². The first-order valence-corrected chi connectivity index (χ1v) is 8.97. The van der Waals surface area contributed by atoms with Gasteiger partial charge in [0.1, 0.15) is 0 Å². The normalized spacial score (nSPS) is 10.8. The molecular formula is C24H27N3. The van der Waals surface area contributed by atoms with Crippen LogP contribution in [0.2, 0.25) is 0 Å². The Morgan fingerprint density at radius 1 is 0.778 bits per heavy atom. The summed E-state index contributed by atoms with van der Waals surface area (Å²) in [6, 6.07) is 18.9. The predicted molar refractivity (Wildman–Crippen MR) is 118 cm³/mol. The van der Waals surface area contributed by atoms with E-state index in [9.17, 15) is 0 Å². The molecule has 27 heavy (non-hydrogen) atoms. The molecule has 0 unspecified atom stereocenters. The van der Waals surface area contributed by atoms with Gasteiger partial charge in [-0.15, -0.1) is 0 Å². The third-order valence-corrected chi connectivity index (χ3v) is 4.18. The van der Waals surface area contributed by atoms with E-state index < -0.39 is 0 Å². The van der Waals surface area contributed by atoms with Crippen LogP contribution in [0, 0.1) is 11.3 Å². The molecule has 0 N–H and O–H groups in total. The van der Waals surface area contributed by atoms with Gasteiger partial charge in [-0.25, -0.2) is 0 Å². The van der Waals surface area contributed by atoms with Crippen LogP contribution in [0.1, 0.15) is 17.5 Å². The lowest BCUT2D eigenvalue weighted by atomic mass is 10.1. The molecule has 0 aliphatic carbocycles. The summed E-state index contributed by atoms with van der Waals surface area (Å²) in [6.07, 6.45) is 10.6. The van der Waals surface area contributed by atoms with E-state index in [2.05, 4.69) is 76.6 Å². The second kappa shape index (κ2) is 10.0. The van der Waals surface area contributed by atoms with Gasteiger partial charge in [0.25, 0.3) is 0 Å². The van der Waals surface area contributed by atoms with E-state index in [-0.39, 0.29) is 0 Å². The first kappa shape index (κ1) is 20.1. The Morgan fingerprint density at radius 2 is 1.19 bits per heavy atom. The highest BCUT2D eigenvalue weighted by atomic mass is 15.1. The summed E-state index contributed by atoms with van der Waals surface area (Å²) in [4.78, 5) is 4.16. The van der Waals surface area contributed by atoms with Gasteiger partial charge >= 0.3 is 0 Å². The lowest BCUT2D eigenvalue weighted by molar-refractivity contribution is 1.13. The number of rotatable bonds is 7. The van der Waals surface area contributed by atoms with Crippen molar-refractivity contribution in [2.24, 2.45) is 0 Å². The molecule has 0 aromatic heterocycles. The van der Waals surface area contributed by atoms with E-state index in [0.717, 1.165) is 16.7 Å². The zero-order valence-electron chi connectivity index (χ0n) is 16.6. The van der Waals surface area contributed by atoms with Crippen LogP contribution in [0.5, 0.6) is 0 Å². The smallest absolute Gasteiger partial charge is 0.0663 e. The average Bonchev–Trinajstić information content (AvgIpc) is 2.68. The van der Waals surface area contributed by atoms with Gasteiger partial charge in [-0.3, -0.25) is 0 Å². The minimum atomic E-state index is 0.392. The highest BCUT2D eigenvalue weighted by Gasteiger charge is 1.96. The molecule has 0 aliphatic rings. The van der Waals surface area contributed by atoms with Gasteiger partial charge < -0.3 is 9.80 Å². The van der Waals surface area contributed by atoms with Crippen LogP contribution in [-0.2, 0) is 0 Å². The van der Waals surface area contributed by atoms with E-state index in [0.29, 0.717) is 6.42 Å². The zero-order valence-corrected chi connectivity index (χ0v) is 16.6. The van der Waals surface area contributed by atoms with Crippen LogP contribution in [0.25, 0.3) is 12.2 Å². The van der Waals surface area contributed by atoms with E-state index >= 15 is 0 Å². The van der Waals surface area contributed by atoms with Gasteiger partial charge in [0.15, 0.2) is 0 Å². The van der Waals surface area contributed by atoms with Gasteiger partial charge in [0.2, 0.25) is 0 Å².